The maximum absolute atomic E-state index is 11.6. The van der Waals surface area contributed by atoms with Crippen molar-refractivity contribution in [2.75, 3.05) is 7.11 Å². The first-order chi connectivity index (χ1) is 8.20. The van der Waals surface area contributed by atoms with Gasteiger partial charge in [-0.3, -0.25) is 14.5 Å². The molecule has 0 spiro atoms. The lowest BCUT2D eigenvalue weighted by atomic mass is 10.1. The SMILES string of the molecule is COc1cccc(CN2C(=O)CCCC2=O)c1. The van der Waals surface area contributed by atoms with Crippen LogP contribution in [0.5, 0.6) is 5.75 Å². The summed E-state index contributed by atoms with van der Waals surface area (Å²) in [6, 6.07) is 7.42. The summed E-state index contributed by atoms with van der Waals surface area (Å²) in [5.74, 6) is 0.576. The highest BCUT2D eigenvalue weighted by molar-refractivity contribution is 5.97. The molecule has 2 amide bonds. The predicted molar refractivity (Wildman–Crippen MR) is 62.4 cm³/mol. The fraction of sp³-hybridized carbons (Fsp3) is 0.385. The smallest absolute Gasteiger partial charge is 0.229 e. The van der Waals surface area contributed by atoms with Gasteiger partial charge < -0.3 is 4.74 Å². The second-order valence-electron chi connectivity index (χ2n) is 4.08. The molecule has 1 aromatic carbocycles. The van der Waals surface area contributed by atoms with Gasteiger partial charge in [-0.25, -0.2) is 0 Å². The van der Waals surface area contributed by atoms with Crippen molar-refractivity contribution in [2.24, 2.45) is 0 Å². The third-order valence-electron chi connectivity index (χ3n) is 2.86. The number of imide groups is 1. The molecular formula is C13H15NO3. The first-order valence-electron chi connectivity index (χ1n) is 5.67. The van der Waals surface area contributed by atoms with Gasteiger partial charge in [-0.2, -0.15) is 0 Å². The summed E-state index contributed by atoms with van der Waals surface area (Å²) < 4.78 is 5.11. The first-order valence-corrected chi connectivity index (χ1v) is 5.67. The fourth-order valence-corrected chi connectivity index (χ4v) is 1.93. The van der Waals surface area contributed by atoms with Crippen molar-refractivity contribution in [1.29, 1.82) is 0 Å². The van der Waals surface area contributed by atoms with E-state index in [0.29, 0.717) is 25.8 Å². The van der Waals surface area contributed by atoms with Crippen LogP contribution in [0.4, 0.5) is 0 Å². The van der Waals surface area contributed by atoms with Gasteiger partial charge in [0, 0.05) is 12.8 Å². The van der Waals surface area contributed by atoms with Crippen LogP contribution in [0.15, 0.2) is 24.3 Å². The molecule has 0 unspecified atom stereocenters. The van der Waals surface area contributed by atoms with Crippen LogP contribution < -0.4 is 4.74 Å². The minimum Gasteiger partial charge on any atom is -0.497 e. The van der Waals surface area contributed by atoms with Crippen molar-refractivity contribution < 1.29 is 14.3 Å². The van der Waals surface area contributed by atoms with Gasteiger partial charge in [0.05, 0.1) is 13.7 Å². The highest BCUT2D eigenvalue weighted by Gasteiger charge is 2.25. The van der Waals surface area contributed by atoms with Crippen LogP contribution in [0.1, 0.15) is 24.8 Å². The van der Waals surface area contributed by atoms with Gasteiger partial charge in [-0.15, -0.1) is 0 Å². The van der Waals surface area contributed by atoms with E-state index in [1.165, 1.54) is 4.90 Å². The molecule has 1 aromatic rings. The summed E-state index contributed by atoms with van der Waals surface area (Å²) in [4.78, 5) is 24.6. The van der Waals surface area contributed by atoms with E-state index in [1.54, 1.807) is 7.11 Å². The zero-order valence-corrected chi connectivity index (χ0v) is 9.81. The number of ether oxygens (including phenoxy) is 1. The maximum Gasteiger partial charge on any atom is 0.229 e. The number of piperidine rings is 1. The van der Waals surface area contributed by atoms with Crippen LogP contribution >= 0.6 is 0 Å². The number of benzene rings is 1. The van der Waals surface area contributed by atoms with Crippen molar-refractivity contribution in [2.45, 2.75) is 25.8 Å². The Hall–Kier alpha value is -1.84. The Morgan fingerprint density at radius 1 is 1.24 bits per heavy atom. The Morgan fingerprint density at radius 3 is 2.59 bits per heavy atom. The van der Waals surface area contributed by atoms with Crippen molar-refractivity contribution in [3.63, 3.8) is 0 Å². The van der Waals surface area contributed by atoms with E-state index in [0.717, 1.165) is 11.3 Å². The average molecular weight is 233 g/mol. The highest BCUT2D eigenvalue weighted by atomic mass is 16.5. The molecule has 2 rings (SSSR count). The van der Waals surface area contributed by atoms with Gasteiger partial charge in [0.1, 0.15) is 5.75 Å². The van der Waals surface area contributed by atoms with Gasteiger partial charge in [0.15, 0.2) is 0 Å². The first kappa shape index (κ1) is 11.6. The molecular weight excluding hydrogens is 218 g/mol. The molecule has 0 radical (unpaired) electrons. The van der Waals surface area contributed by atoms with E-state index < -0.39 is 0 Å². The zero-order chi connectivity index (χ0) is 12.3. The number of likely N-dealkylation sites (tertiary alicyclic amines) is 1. The van der Waals surface area contributed by atoms with Crippen LogP contribution in [0.2, 0.25) is 0 Å². The minimum atomic E-state index is -0.0796. The largest absolute Gasteiger partial charge is 0.497 e. The predicted octanol–water partition coefficient (Wildman–Crippen LogP) is 1.73. The summed E-state index contributed by atoms with van der Waals surface area (Å²) in [7, 11) is 1.59. The van der Waals surface area contributed by atoms with Crippen molar-refractivity contribution in [3.05, 3.63) is 29.8 Å². The molecule has 0 aliphatic carbocycles. The molecule has 0 aromatic heterocycles. The minimum absolute atomic E-state index is 0.0796. The van der Waals surface area contributed by atoms with Gasteiger partial charge in [0.25, 0.3) is 0 Å². The monoisotopic (exact) mass is 233 g/mol. The Kier molecular flexibility index (Phi) is 3.42. The van der Waals surface area contributed by atoms with E-state index >= 15 is 0 Å². The quantitative estimate of drug-likeness (QED) is 0.747. The van der Waals surface area contributed by atoms with Crippen molar-refractivity contribution >= 4 is 11.8 Å². The Balaban J connectivity index is 2.13. The topological polar surface area (TPSA) is 46.6 Å². The molecule has 1 heterocycles. The Morgan fingerprint density at radius 2 is 1.94 bits per heavy atom. The summed E-state index contributed by atoms with van der Waals surface area (Å²) in [6.45, 7) is 0.342. The van der Waals surface area contributed by atoms with Crippen LogP contribution in [-0.2, 0) is 16.1 Å². The highest BCUT2D eigenvalue weighted by Crippen LogP contribution is 2.18. The molecule has 4 heteroatoms. The van der Waals surface area contributed by atoms with Crippen LogP contribution in [0, 0.1) is 0 Å². The van der Waals surface area contributed by atoms with Crippen LogP contribution in [-0.4, -0.2) is 23.8 Å². The van der Waals surface area contributed by atoms with E-state index in [9.17, 15) is 9.59 Å². The third-order valence-corrected chi connectivity index (χ3v) is 2.86. The standard InChI is InChI=1S/C13H15NO3/c1-17-11-5-2-4-10(8-11)9-14-12(15)6-3-7-13(14)16/h2,4-5,8H,3,6-7,9H2,1H3. The number of carbonyl (C=O) groups is 2. The molecule has 0 atom stereocenters. The molecule has 1 aliphatic heterocycles. The van der Waals surface area contributed by atoms with Crippen LogP contribution in [0.3, 0.4) is 0 Å². The molecule has 17 heavy (non-hydrogen) atoms. The number of hydrogen-bond donors (Lipinski definition) is 0. The number of nitrogens with zero attached hydrogens (tertiary/aromatic N) is 1. The Labute approximate surface area is 100 Å². The molecule has 0 bridgehead atoms. The van der Waals surface area contributed by atoms with E-state index in [1.807, 2.05) is 24.3 Å². The molecule has 1 fully saturated rings. The Bertz CT molecular complexity index is 426. The summed E-state index contributed by atoms with van der Waals surface area (Å²) in [6.07, 6.45) is 1.61. The molecule has 0 saturated carbocycles. The number of hydrogen-bond acceptors (Lipinski definition) is 3. The molecule has 4 nitrogen and oxygen atoms in total. The van der Waals surface area contributed by atoms with Crippen LogP contribution in [0.25, 0.3) is 0 Å². The van der Waals surface area contributed by atoms with Crippen molar-refractivity contribution in [3.8, 4) is 5.75 Å². The third kappa shape index (κ3) is 2.64. The maximum atomic E-state index is 11.6. The fourth-order valence-electron chi connectivity index (χ4n) is 1.93. The van der Waals surface area contributed by atoms with Gasteiger partial charge in [-0.05, 0) is 24.1 Å². The summed E-state index contributed by atoms with van der Waals surface area (Å²) in [5.41, 5.74) is 0.910. The molecule has 1 saturated heterocycles. The van der Waals surface area contributed by atoms with Gasteiger partial charge >= 0.3 is 0 Å². The number of carbonyl (C=O) groups excluding carboxylic acids is 2. The molecule has 0 N–H and O–H groups in total. The number of rotatable bonds is 3. The lowest BCUT2D eigenvalue weighted by molar-refractivity contribution is -0.148. The zero-order valence-electron chi connectivity index (χ0n) is 9.81. The molecule has 1 aliphatic rings. The van der Waals surface area contributed by atoms with E-state index in [4.69, 9.17) is 4.74 Å². The second kappa shape index (κ2) is 4.99. The average Bonchev–Trinajstić information content (AvgIpc) is 2.34. The number of amides is 2. The van der Waals surface area contributed by atoms with Crippen molar-refractivity contribution in [1.82, 2.24) is 4.90 Å². The summed E-state index contributed by atoms with van der Waals surface area (Å²) in [5, 5.41) is 0. The van der Waals surface area contributed by atoms with E-state index in [2.05, 4.69) is 0 Å². The van der Waals surface area contributed by atoms with E-state index in [-0.39, 0.29) is 11.8 Å². The number of methoxy groups -OCH3 is 1. The summed E-state index contributed by atoms with van der Waals surface area (Å²) >= 11 is 0. The van der Waals surface area contributed by atoms with Gasteiger partial charge in [0.2, 0.25) is 11.8 Å². The second-order valence-corrected chi connectivity index (χ2v) is 4.08. The van der Waals surface area contributed by atoms with Gasteiger partial charge in [-0.1, -0.05) is 12.1 Å². The molecule has 90 valence electrons. The normalized spacial score (nSPS) is 16.2. The lowest BCUT2D eigenvalue weighted by Crippen LogP contribution is -2.39. The lowest BCUT2D eigenvalue weighted by Gasteiger charge is -2.24.